The zero-order valence-electron chi connectivity index (χ0n) is 9.34. The van der Waals surface area contributed by atoms with E-state index in [1.807, 2.05) is 0 Å². The lowest BCUT2D eigenvalue weighted by Crippen LogP contribution is -1.97. The van der Waals surface area contributed by atoms with E-state index in [9.17, 15) is 14.5 Å². The van der Waals surface area contributed by atoms with Crippen LogP contribution in [0.25, 0.3) is 0 Å². The van der Waals surface area contributed by atoms with E-state index in [0.29, 0.717) is 0 Å². The van der Waals surface area contributed by atoms with E-state index in [1.165, 1.54) is 12.1 Å². The first-order valence-corrected chi connectivity index (χ1v) is 5.38. The van der Waals surface area contributed by atoms with Gasteiger partial charge in [-0.25, -0.2) is 4.39 Å². The number of nitro groups is 1. The maximum absolute atomic E-state index is 13.2. The molecule has 0 unspecified atom stereocenters. The van der Waals surface area contributed by atoms with Crippen LogP contribution >= 0.6 is 11.6 Å². The Kier molecular flexibility index (Phi) is 3.48. The van der Waals surface area contributed by atoms with Crippen LogP contribution < -0.4 is 10.5 Å². The second kappa shape index (κ2) is 5.07. The molecule has 0 aliphatic carbocycles. The average Bonchev–Trinajstić information content (AvgIpc) is 2.33. The molecular weight excluding hydrogens is 277 g/mol. The lowest BCUT2D eigenvalue weighted by molar-refractivity contribution is -0.384. The molecule has 1 heterocycles. The van der Waals surface area contributed by atoms with Gasteiger partial charge in [-0.05, 0) is 12.1 Å². The minimum Gasteiger partial charge on any atom is -0.439 e. The van der Waals surface area contributed by atoms with Crippen LogP contribution in [-0.2, 0) is 0 Å². The topological polar surface area (TPSA) is 91.3 Å². The maximum Gasteiger partial charge on any atom is 0.278 e. The van der Waals surface area contributed by atoms with Crippen molar-refractivity contribution in [3.05, 3.63) is 51.3 Å². The van der Waals surface area contributed by atoms with Crippen LogP contribution in [0.15, 0.2) is 30.3 Å². The van der Waals surface area contributed by atoms with Crippen molar-refractivity contribution in [1.29, 1.82) is 0 Å². The predicted molar refractivity (Wildman–Crippen MR) is 66.8 cm³/mol. The van der Waals surface area contributed by atoms with Crippen LogP contribution in [0.4, 0.5) is 15.9 Å². The van der Waals surface area contributed by atoms with E-state index >= 15 is 0 Å². The molecule has 2 N–H and O–H groups in total. The first-order chi connectivity index (χ1) is 8.95. The number of ether oxygens (including phenoxy) is 1. The van der Waals surface area contributed by atoms with Crippen LogP contribution in [0.5, 0.6) is 11.6 Å². The number of nitrogens with two attached hydrogens (primary N) is 1. The number of hydrogen-bond acceptors (Lipinski definition) is 5. The molecule has 0 saturated carbocycles. The zero-order valence-corrected chi connectivity index (χ0v) is 10.1. The second-order valence-electron chi connectivity index (χ2n) is 3.52. The van der Waals surface area contributed by atoms with Crippen molar-refractivity contribution in [2.45, 2.75) is 0 Å². The third kappa shape index (κ3) is 3.08. The Balaban J connectivity index is 2.32. The minimum absolute atomic E-state index is 0.0566. The second-order valence-corrected chi connectivity index (χ2v) is 3.93. The Morgan fingerprint density at radius 3 is 2.74 bits per heavy atom. The van der Waals surface area contributed by atoms with Gasteiger partial charge in [0.15, 0.2) is 0 Å². The van der Waals surface area contributed by atoms with Crippen LogP contribution in [0, 0.1) is 15.9 Å². The van der Waals surface area contributed by atoms with Gasteiger partial charge in [0, 0.05) is 6.07 Å². The average molecular weight is 284 g/mol. The molecule has 0 atom stereocenters. The molecular formula is C11H7ClFN3O3. The third-order valence-electron chi connectivity index (χ3n) is 2.13. The van der Waals surface area contributed by atoms with Crippen molar-refractivity contribution in [2.24, 2.45) is 0 Å². The van der Waals surface area contributed by atoms with Crippen LogP contribution in [0.1, 0.15) is 0 Å². The summed E-state index contributed by atoms with van der Waals surface area (Å²) in [6.45, 7) is 0. The van der Waals surface area contributed by atoms with E-state index in [2.05, 4.69) is 4.98 Å². The van der Waals surface area contributed by atoms with E-state index < -0.39 is 10.7 Å². The van der Waals surface area contributed by atoms with E-state index in [4.69, 9.17) is 22.1 Å². The van der Waals surface area contributed by atoms with Gasteiger partial charge in [-0.2, -0.15) is 4.98 Å². The number of nitrogens with zero attached hydrogens (tertiary/aromatic N) is 2. The molecule has 98 valence electrons. The number of pyridine rings is 1. The Morgan fingerprint density at radius 1 is 1.37 bits per heavy atom. The van der Waals surface area contributed by atoms with Crippen LogP contribution in [0.3, 0.4) is 0 Å². The summed E-state index contributed by atoms with van der Waals surface area (Å²) in [7, 11) is 0. The highest BCUT2D eigenvalue weighted by Crippen LogP contribution is 2.27. The van der Waals surface area contributed by atoms with Gasteiger partial charge in [-0.1, -0.05) is 11.6 Å². The number of aromatic nitrogens is 1. The van der Waals surface area contributed by atoms with Crippen molar-refractivity contribution >= 4 is 23.1 Å². The van der Waals surface area contributed by atoms with E-state index in [1.54, 1.807) is 0 Å². The number of halogens is 2. The number of rotatable bonds is 3. The molecule has 0 bridgehead atoms. The van der Waals surface area contributed by atoms with Gasteiger partial charge in [0.25, 0.3) is 5.69 Å². The summed E-state index contributed by atoms with van der Waals surface area (Å²) in [5.74, 6) is -0.737. The van der Waals surface area contributed by atoms with Crippen molar-refractivity contribution in [3.8, 4) is 11.6 Å². The molecule has 0 spiro atoms. The Labute approximate surface area is 111 Å². The molecule has 0 radical (unpaired) electrons. The summed E-state index contributed by atoms with van der Waals surface area (Å²) in [6.07, 6.45) is 0. The molecule has 6 nitrogen and oxygen atoms in total. The first kappa shape index (κ1) is 13.0. The maximum atomic E-state index is 13.2. The SMILES string of the molecule is Nc1cc([N+](=O)[O-])cc(Oc2ccc(Cl)c(F)c2)n1. The van der Waals surface area contributed by atoms with Gasteiger partial charge in [0.2, 0.25) is 5.88 Å². The smallest absolute Gasteiger partial charge is 0.278 e. The Bertz CT molecular complexity index is 651. The lowest BCUT2D eigenvalue weighted by atomic mass is 10.3. The van der Waals surface area contributed by atoms with E-state index in [-0.39, 0.29) is 28.2 Å². The summed E-state index contributed by atoms with van der Waals surface area (Å²) < 4.78 is 18.4. The number of nitrogen functional groups attached to an aromatic ring is 1. The van der Waals surface area contributed by atoms with Gasteiger partial charge < -0.3 is 10.5 Å². The minimum atomic E-state index is -0.669. The molecule has 0 aliphatic rings. The first-order valence-electron chi connectivity index (χ1n) is 5.00. The van der Waals surface area contributed by atoms with Gasteiger partial charge in [0.05, 0.1) is 22.1 Å². The Morgan fingerprint density at radius 2 is 2.11 bits per heavy atom. The summed E-state index contributed by atoms with van der Waals surface area (Å²) in [4.78, 5) is 13.8. The summed E-state index contributed by atoms with van der Waals surface area (Å²) in [5.41, 5.74) is 5.15. The fourth-order valence-corrected chi connectivity index (χ4v) is 1.45. The summed E-state index contributed by atoms with van der Waals surface area (Å²) in [6, 6.07) is 5.92. The van der Waals surface area contributed by atoms with Gasteiger partial charge in [0.1, 0.15) is 17.4 Å². The van der Waals surface area contributed by atoms with E-state index in [0.717, 1.165) is 18.2 Å². The molecule has 19 heavy (non-hydrogen) atoms. The quantitative estimate of drug-likeness (QED) is 0.690. The largest absolute Gasteiger partial charge is 0.439 e. The molecule has 0 amide bonds. The lowest BCUT2D eigenvalue weighted by Gasteiger charge is -2.05. The summed E-state index contributed by atoms with van der Waals surface area (Å²) >= 11 is 5.52. The standard InChI is InChI=1S/C11H7ClFN3O3/c12-8-2-1-7(5-9(8)13)19-11-4-6(16(17)18)3-10(14)15-11/h1-5H,(H2,14,15). The van der Waals surface area contributed by atoms with Gasteiger partial charge in [-0.3, -0.25) is 10.1 Å². The molecule has 2 aromatic rings. The zero-order chi connectivity index (χ0) is 14.0. The van der Waals surface area contributed by atoms with Gasteiger partial charge in [-0.15, -0.1) is 0 Å². The van der Waals surface area contributed by atoms with Crippen molar-refractivity contribution in [2.75, 3.05) is 5.73 Å². The molecule has 0 saturated heterocycles. The third-order valence-corrected chi connectivity index (χ3v) is 2.44. The van der Waals surface area contributed by atoms with Gasteiger partial charge >= 0.3 is 0 Å². The number of benzene rings is 1. The van der Waals surface area contributed by atoms with Crippen molar-refractivity contribution in [3.63, 3.8) is 0 Å². The molecule has 8 heteroatoms. The normalized spacial score (nSPS) is 10.2. The number of hydrogen-bond donors (Lipinski definition) is 1. The summed E-state index contributed by atoms with van der Waals surface area (Å²) in [5, 5.41) is 10.6. The highest BCUT2D eigenvalue weighted by Gasteiger charge is 2.12. The molecule has 0 aliphatic heterocycles. The molecule has 0 fully saturated rings. The highest BCUT2D eigenvalue weighted by atomic mass is 35.5. The Hall–Kier alpha value is -2.41. The number of anilines is 1. The highest BCUT2D eigenvalue weighted by molar-refractivity contribution is 6.30. The fraction of sp³-hybridized carbons (Fsp3) is 0. The molecule has 2 rings (SSSR count). The molecule has 1 aromatic heterocycles. The van der Waals surface area contributed by atoms with Crippen LogP contribution in [-0.4, -0.2) is 9.91 Å². The van der Waals surface area contributed by atoms with Crippen molar-refractivity contribution in [1.82, 2.24) is 4.98 Å². The fourth-order valence-electron chi connectivity index (χ4n) is 1.33. The van der Waals surface area contributed by atoms with Crippen LogP contribution in [0.2, 0.25) is 5.02 Å². The predicted octanol–water partition coefficient (Wildman–Crippen LogP) is 3.16. The monoisotopic (exact) mass is 283 g/mol. The van der Waals surface area contributed by atoms with Crippen molar-refractivity contribution < 1.29 is 14.1 Å². The molecule has 1 aromatic carbocycles.